The van der Waals surface area contributed by atoms with Gasteiger partial charge >= 0.3 is 0 Å². The van der Waals surface area contributed by atoms with Crippen molar-refractivity contribution in [3.8, 4) is 11.1 Å². The zero-order chi connectivity index (χ0) is 26.5. The molecule has 0 aliphatic carbocycles. The summed E-state index contributed by atoms with van der Waals surface area (Å²) >= 11 is 0. The molecular formula is C31H24N3O4-. The van der Waals surface area contributed by atoms with Crippen LogP contribution in [0, 0.1) is 0 Å². The molecule has 4 aromatic carbocycles. The van der Waals surface area contributed by atoms with E-state index in [4.69, 9.17) is 0 Å². The maximum absolute atomic E-state index is 13.1. The first-order valence-electron chi connectivity index (χ1n) is 12.1. The first kappa shape index (κ1) is 24.5. The number of amides is 2. The highest BCUT2D eigenvalue weighted by Gasteiger charge is 2.20. The Kier molecular flexibility index (Phi) is 6.99. The third-order valence-electron chi connectivity index (χ3n) is 6.27. The fourth-order valence-electron chi connectivity index (χ4n) is 4.32. The standard InChI is InChI=1S/C31H25N3O4/c35-29(22-16-14-21(15-17-22)20-8-2-1-3-9-20)33-27-13-7-5-11-25(27)30(36)34-28(31(37)38)19-24-18-23-10-4-6-12-26(23)32-24/h1-18,28,32H,19H2,(H,33,35)(H,34,36)(H,37,38)/p-1/t28-/m1/s1. The van der Waals surface area contributed by atoms with Crippen LogP contribution in [-0.2, 0) is 11.2 Å². The number of carbonyl (C=O) groups is 3. The average Bonchev–Trinajstić information content (AvgIpc) is 3.36. The molecule has 0 aliphatic heterocycles. The van der Waals surface area contributed by atoms with Gasteiger partial charge in [0, 0.05) is 23.2 Å². The lowest BCUT2D eigenvalue weighted by Gasteiger charge is -2.20. The van der Waals surface area contributed by atoms with Crippen LogP contribution in [0.3, 0.4) is 0 Å². The molecule has 0 saturated heterocycles. The van der Waals surface area contributed by atoms with E-state index in [9.17, 15) is 19.5 Å². The molecule has 7 heteroatoms. The Balaban J connectivity index is 1.30. The van der Waals surface area contributed by atoms with Crippen LogP contribution in [0.25, 0.3) is 22.0 Å². The Morgan fingerprint density at radius 2 is 1.39 bits per heavy atom. The van der Waals surface area contributed by atoms with Gasteiger partial charge in [0.1, 0.15) is 0 Å². The molecular weight excluding hydrogens is 478 g/mol. The first-order chi connectivity index (χ1) is 18.5. The van der Waals surface area contributed by atoms with Crippen molar-refractivity contribution >= 4 is 34.4 Å². The number of nitrogens with one attached hydrogen (secondary N) is 3. The molecule has 2 amide bonds. The highest BCUT2D eigenvalue weighted by atomic mass is 16.4. The molecule has 0 radical (unpaired) electrons. The van der Waals surface area contributed by atoms with Crippen LogP contribution in [0.1, 0.15) is 26.4 Å². The summed E-state index contributed by atoms with van der Waals surface area (Å²) in [6.45, 7) is 0. The molecule has 5 rings (SSSR count). The molecule has 7 nitrogen and oxygen atoms in total. The number of H-pyrrole nitrogens is 1. The number of hydrogen-bond acceptors (Lipinski definition) is 4. The van der Waals surface area contributed by atoms with Gasteiger partial charge in [0.15, 0.2) is 0 Å². The van der Waals surface area contributed by atoms with Crippen molar-refractivity contribution in [2.24, 2.45) is 0 Å². The van der Waals surface area contributed by atoms with Gasteiger partial charge in [0.05, 0.1) is 23.3 Å². The molecule has 0 aliphatic rings. The first-order valence-corrected chi connectivity index (χ1v) is 12.1. The summed E-state index contributed by atoms with van der Waals surface area (Å²) in [6, 6.07) is 31.5. The van der Waals surface area contributed by atoms with Crippen LogP contribution < -0.4 is 15.7 Å². The molecule has 0 unspecified atom stereocenters. The summed E-state index contributed by atoms with van der Waals surface area (Å²) in [5, 5.41) is 18.1. The van der Waals surface area contributed by atoms with Gasteiger partial charge in [-0.15, -0.1) is 0 Å². The van der Waals surface area contributed by atoms with Crippen LogP contribution >= 0.6 is 0 Å². The van der Waals surface area contributed by atoms with E-state index in [-0.39, 0.29) is 23.6 Å². The second-order valence-electron chi connectivity index (χ2n) is 8.87. The molecule has 188 valence electrons. The van der Waals surface area contributed by atoms with Crippen LogP contribution in [-0.4, -0.2) is 28.8 Å². The van der Waals surface area contributed by atoms with E-state index in [0.29, 0.717) is 11.3 Å². The van der Waals surface area contributed by atoms with Crippen LogP contribution in [0.5, 0.6) is 0 Å². The topological polar surface area (TPSA) is 114 Å². The summed E-state index contributed by atoms with van der Waals surface area (Å²) in [6.07, 6.45) is 0.0189. The van der Waals surface area contributed by atoms with Crippen molar-refractivity contribution < 1.29 is 19.5 Å². The highest BCUT2D eigenvalue weighted by Crippen LogP contribution is 2.21. The van der Waals surface area contributed by atoms with Gasteiger partial charge in [0.2, 0.25) is 0 Å². The molecule has 0 bridgehead atoms. The molecule has 0 fully saturated rings. The van der Waals surface area contributed by atoms with Crippen molar-refractivity contribution in [2.45, 2.75) is 12.5 Å². The van der Waals surface area contributed by atoms with E-state index < -0.39 is 17.9 Å². The normalized spacial score (nSPS) is 11.6. The van der Waals surface area contributed by atoms with Crippen molar-refractivity contribution in [1.82, 2.24) is 10.3 Å². The molecule has 0 saturated carbocycles. The second kappa shape index (κ2) is 10.8. The van der Waals surface area contributed by atoms with Crippen LogP contribution in [0.15, 0.2) is 109 Å². The van der Waals surface area contributed by atoms with Crippen molar-refractivity contribution in [3.05, 3.63) is 126 Å². The van der Waals surface area contributed by atoms with Crippen LogP contribution in [0.2, 0.25) is 0 Å². The van der Waals surface area contributed by atoms with E-state index in [2.05, 4.69) is 15.6 Å². The lowest BCUT2D eigenvalue weighted by molar-refractivity contribution is -0.308. The number of para-hydroxylation sites is 2. The molecule has 3 N–H and O–H groups in total. The van der Waals surface area contributed by atoms with E-state index in [0.717, 1.165) is 22.0 Å². The highest BCUT2D eigenvalue weighted by molar-refractivity contribution is 6.09. The average molecular weight is 503 g/mol. The SMILES string of the molecule is O=C(Nc1ccccc1C(=O)N[C@H](Cc1cc2ccccc2[nH]1)C(=O)[O-])c1ccc(-c2ccccc2)cc1. The number of hydrogen-bond donors (Lipinski definition) is 3. The smallest absolute Gasteiger partial charge is 0.255 e. The summed E-state index contributed by atoms with van der Waals surface area (Å²) in [5.41, 5.74) is 4.37. The minimum atomic E-state index is -1.41. The Morgan fingerprint density at radius 3 is 2.13 bits per heavy atom. The number of aromatic amines is 1. The van der Waals surface area contributed by atoms with Gasteiger partial charge in [-0.3, -0.25) is 9.59 Å². The number of aliphatic carboxylic acids is 1. The summed E-state index contributed by atoms with van der Waals surface area (Å²) in [5.74, 6) is -2.43. The lowest BCUT2D eigenvalue weighted by atomic mass is 10.0. The van der Waals surface area contributed by atoms with Gasteiger partial charge in [-0.2, -0.15) is 0 Å². The maximum atomic E-state index is 13.1. The maximum Gasteiger partial charge on any atom is 0.255 e. The fourth-order valence-corrected chi connectivity index (χ4v) is 4.32. The van der Waals surface area contributed by atoms with Gasteiger partial charge in [-0.05, 0) is 52.9 Å². The number of anilines is 1. The lowest BCUT2D eigenvalue weighted by Crippen LogP contribution is -2.49. The number of benzene rings is 4. The third kappa shape index (κ3) is 5.47. The fraction of sp³-hybridized carbons (Fsp3) is 0.0645. The largest absolute Gasteiger partial charge is 0.548 e. The van der Waals surface area contributed by atoms with E-state index in [1.165, 1.54) is 6.07 Å². The quantitative estimate of drug-likeness (QED) is 0.295. The van der Waals surface area contributed by atoms with Crippen LogP contribution in [0.4, 0.5) is 5.69 Å². The van der Waals surface area contributed by atoms with E-state index in [1.807, 2.05) is 72.8 Å². The number of rotatable bonds is 8. The predicted octanol–water partition coefficient (Wildman–Crippen LogP) is 4.18. The Hall–Kier alpha value is -5.17. The monoisotopic (exact) mass is 502 g/mol. The minimum absolute atomic E-state index is 0.0189. The molecule has 1 aromatic heterocycles. The number of aromatic nitrogens is 1. The Morgan fingerprint density at radius 1 is 0.737 bits per heavy atom. The molecule has 0 spiro atoms. The van der Waals surface area contributed by atoms with E-state index in [1.54, 1.807) is 30.3 Å². The van der Waals surface area contributed by atoms with Crippen molar-refractivity contribution in [3.63, 3.8) is 0 Å². The summed E-state index contributed by atoms with van der Waals surface area (Å²) < 4.78 is 0. The molecule has 1 atom stereocenters. The zero-order valence-electron chi connectivity index (χ0n) is 20.3. The number of carboxylic acid groups (broad SMARTS) is 1. The number of carbonyl (C=O) groups excluding carboxylic acids is 3. The predicted molar refractivity (Wildman–Crippen MR) is 145 cm³/mol. The Labute approximate surface area is 219 Å². The summed E-state index contributed by atoms with van der Waals surface area (Å²) in [7, 11) is 0. The zero-order valence-corrected chi connectivity index (χ0v) is 20.3. The second-order valence-corrected chi connectivity index (χ2v) is 8.87. The number of carboxylic acids is 1. The molecule has 38 heavy (non-hydrogen) atoms. The number of fused-ring (bicyclic) bond motifs is 1. The van der Waals surface area contributed by atoms with Crippen molar-refractivity contribution in [1.29, 1.82) is 0 Å². The Bertz CT molecular complexity index is 1570. The molecule has 1 heterocycles. The van der Waals surface area contributed by atoms with Gasteiger partial charge in [-0.25, -0.2) is 0 Å². The van der Waals surface area contributed by atoms with E-state index >= 15 is 0 Å². The van der Waals surface area contributed by atoms with Gasteiger partial charge in [-0.1, -0.05) is 72.8 Å². The van der Waals surface area contributed by atoms with Crippen molar-refractivity contribution in [2.75, 3.05) is 5.32 Å². The summed E-state index contributed by atoms with van der Waals surface area (Å²) in [4.78, 5) is 41.1. The van der Waals surface area contributed by atoms with Gasteiger partial charge < -0.3 is 25.5 Å². The van der Waals surface area contributed by atoms with Gasteiger partial charge in [0.25, 0.3) is 11.8 Å². The minimum Gasteiger partial charge on any atom is -0.548 e. The molecule has 5 aromatic rings. The third-order valence-corrected chi connectivity index (χ3v) is 6.27.